The van der Waals surface area contributed by atoms with Gasteiger partial charge in [0, 0.05) is 18.6 Å². The van der Waals surface area contributed by atoms with Crippen LogP contribution in [0.2, 0.25) is 5.02 Å². The topological polar surface area (TPSA) is 78.7 Å². The first-order chi connectivity index (χ1) is 8.54. The predicted molar refractivity (Wildman–Crippen MR) is 64.9 cm³/mol. The number of carbonyl (C=O) groups excluding carboxylic acids is 1. The van der Waals surface area contributed by atoms with Crippen molar-refractivity contribution in [3.8, 4) is 5.75 Å². The summed E-state index contributed by atoms with van der Waals surface area (Å²) in [7, 11) is 1.32. The van der Waals surface area contributed by atoms with Crippen LogP contribution in [0.4, 0.5) is 5.69 Å². The van der Waals surface area contributed by atoms with Crippen molar-refractivity contribution in [3.63, 3.8) is 0 Å². The Balaban J connectivity index is 2.48. The van der Waals surface area contributed by atoms with E-state index in [1.54, 1.807) is 0 Å². The third-order valence-corrected chi connectivity index (χ3v) is 2.43. The quantitative estimate of drug-likeness (QED) is 0.344. The minimum atomic E-state index is -0.535. The normalized spacial score (nSPS) is 9.89. The fourth-order valence-corrected chi connectivity index (χ4v) is 1.45. The van der Waals surface area contributed by atoms with Gasteiger partial charge in [-0.1, -0.05) is 11.6 Å². The molecule has 0 atom stereocenters. The summed E-state index contributed by atoms with van der Waals surface area (Å²) < 4.78 is 9.78. The standard InChI is InChI=1S/C11H12ClNO5/c1-17-11(14)3-2-6-18-10-5-4-8(13(15)16)7-9(10)12/h4-5,7H,2-3,6H2,1H3. The van der Waals surface area contributed by atoms with Gasteiger partial charge in [0.1, 0.15) is 5.75 Å². The zero-order chi connectivity index (χ0) is 13.5. The molecule has 18 heavy (non-hydrogen) atoms. The van der Waals surface area contributed by atoms with Crippen LogP contribution in [0.25, 0.3) is 0 Å². The highest BCUT2D eigenvalue weighted by molar-refractivity contribution is 6.32. The summed E-state index contributed by atoms with van der Waals surface area (Å²) in [4.78, 5) is 20.8. The van der Waals surface area contributed by atoms with Crippen LogP contribution in [0.5, 0.6) is 5.75 Å². The molecular weight excluding hydrogens is 262 g/mol. The van der Waals surface area contributed by atoms with Crippen LogP contribution in [0.3, 0.4) is 0 Å². The molecule has 0 radical (unpaired) electrons. The molecule has 1 aromatic rings. The van der Waals surface area contributed by atoms with Crippen LogP contribution in [-0.4, -0.2) is 24.6 Å². The molecular formula is C11H12ClNO5. The number of hydrogen-bond donors (Lipinski definition) is 0. The number of rotatable bonds is 6. The molecule has 0 aromatic heterocycles. The maximum atomic E-state index is 10.8. The Morgan fingerprint density at radius 1 is 1.50 bits per heavy atom. The average molecular weight is 274 g/mol. The SMILES string of the molecule is COC(=O)CCCOc1ccc([N+](=O)[O-])cc1Cl. The Morgan fingerprint density at radius 3 is 2.78 bits per heavy atom. The second kappa shape index (κ2) is 6.80. The number of esters is 1. The van der Waals surface area contributed by atoms with E-state index in [-0.39, 0.29) is 29.7 Å². The molecule has 0 spiro atoms. The van der Waals surface area contributed by atoms with E-state index in [0.29, 0.717) is 12.2 Å². The van der Waals surface area contributed by atoms with Gasteiger partial charge in [0.2, 0.25) is 0 Å². The lowest BCUT2D eigenvalue weighted by molar-refractivity contribution is -0.384. The number of carbonyl (C=O) groups is 1. The van der Waals surface area contributed by atoms with E-state index in [4.69, 9.17) is 16.3 Å². The van der Waals surface area contributed by atoms with E-state index in [1.807, 2.05) is 0 Å². The van der Waals surface area contributed by atoms with Gasteiger partial charge in [-0.2, -0.15) is 0 Å². The van der Waals surface area contributed by atoms with Gasteiger partial charge < -0.3 is 9.47 Å². The van der Waals surface area contributed by atoms with Gasteiger partial charge in [-0.15, -0.1) is 0 Å². The lowest BCUT2D eigenvalue weighted by atomic mass is 10.3. The van der Waals surface area contributed by atoms with Gasteiger partial charge in [0.25, 0.3) is 5.69 Å². The molecule has 0 unspecified atom stereocenters. The Morgan fingerprint density at radius 2 is 2.22 bits per heavy atom. The number of nitro groups is 1. The van der Waals surface area contributed by atoms with Crippen LogP contribution in [-0.2, 0) is 9.53 Å². The fourth-order valence-electron chi connectivity index (χ4n) is 1.22. The Bertz CT molecular complexity index is 449. The largest absolute Gasteiger partial charge is 0.492 e. The van der Waals surface area contributed by atoms with E-state index in [0.717, 1.165) is 0 Å². The van der Waals surface area contributed by atoms with Crippen LogP contribution in [0.15, 0.2) is 18.2 Å². The van der Waals surface area contributed by atoms with Crippen molar-refractivity contribution in [3.05, 3.63) is 33.3 Å². The molecule has 0 saturated heterocycles. The van der Waals surface area contributed by atoms with Gasteiger partial charge in [0.05, 0.1) is 23.7 Å². The number of benzene rings is 1. The lowest BCUT2D eigenvalue weighted by Gasteiger charge is -2.07. The first-order valence-corrected chi connectivity index (χ1v) is 5.56. The fraction of sp³-hybridized carbons (Fsp3) is 0.364. The first kappa shape index (κ1) is 14.2. The number of halogens is 1. The molecule has 1 rings (SSSR count). The van der Waals surface area contributed by atoms with Gasteiger partial charge in [-0.3, -0.25) is 14.9 Å². The number of nitro benzene ring substituents is 1. The summed E-state index contributed by atoms with van der Waals surface area (Å²) in [5, 5.41) is 10.7. The van der Waals surface area contributed by atoms with Crippen LogP contribution in [0, 0.1) is 10.1 Å². The summed E-state index contributed by atoms with van der Waals surface area (Å²) in [6, 6.07) is 3.96. The number of non-ortho nitro benzene ring substituents is 1. The molecule has 0 saturated carbocycles. The molecule has 0 fully saturated rings. The Labute approximate surface area is 109 Å². The molecule has 1 aromatic carbocycles. The summed E-state index contributed by atoms with van der Waals surface area (Å²) in [5.74, 6) is 0.0422. The van der Waals surface area contributed by atoms with Gasteiger partial charge in [-0.05, 0) is 12.5 Å². The molecule has 98 valence electrons. The average Bonchev–Trinajstić information content (AvgIpc) is 2.35. The van der Waals surface area contributed by atoms with Crippen molar-refractivity contribution >= 4 is 23.3 Å². The van der Waals surface area contributed by atoms with Crippen molar-refractivity contribution in [1.82, 2.24) is 0 Å². The summed E-state index contributed by atoms with van der Waals surface area (Å²) in [6.07, 6.45) is 0.737. The minimum absolute atomic E-state index is 0.0955. The van der Waals surface area contributed by atoms with E-state index in [9.17, 15) is 14.9 Å². The zero-order valence-corrected chi connectivity index (χ0v) is 10.5. The van der Waals surface area contributed by atoms with E-state index in [1.165, 1.54) is 25.3 Å². The number of ether oxygens (including phenoxy) is 2. The predicted octanol–water partition coefficient (Wildman–Crippen LogP) is 2.58. The highest BCUT2D eigenvalue weighted by Gasteiger charge is 2.10. The summed E-state index contributed by atoms with van der Waals surface area (Å²) >= 11 is 5.82. The molecule has 0 aliphatic rings. The van der Waals surface area contributed by atoms with E-state index < -0.39 is 4.92 Å². The number of nitrogens with zero attached hydrogens (tertiary/aromatic N) is 1. The highest BCUT2D eigenvalue weighted by Crippen LogP contribution is 2.28. The summed E-state index contributed by atoms with van der Waals surface area (Å²) in [5.41, 5.74) is -0.0955. The smallest absolute Gasteiger partial charge is 0.305 e. The van der Waals surface area contributed by atoms with Crippen molar-refractivity contribution in [2.24, 2.45) is 0 Å². The Kier molecular flexibility index (Phi) is 5.38. The highest BCUT2D eigenvalue weighted by atomic mass is 35.5. The maximum Gasteiger partial charge on any atom is 0.305 e. The van der Waals surface area contributed by atoms with Crippen molar-refractivity contribution in [1.29, 1.82) is 0 Å². The molecule has 0 amide bonds. The second-order valence-corrected chi connectivity index (χ2v) is 3.81. The van der Waals surface area contributed by atoms with Crippen molar-refractivity contribution in [2.75, 3.05) is 13.7 Å². The van der Waals surface area contributed by atoms with Gasteiger partial charge in [-0.25, -0.2) is 0 Å². The monoisotopic (exact) mass is 273 g/mol. The molecule has 0 heterocycles. The van der Waals surface area contributed by atoms with Crippen LogP contribution in [0.1, 0.15) is 12.8 Å². The van der Waals surface area contributed by atoms with Crippen molar-refractivity contribution in [2.45, 2.75) is 12.8 Å². The second-order valence-electron chi connectivity index (χ2n) is 3.40. The van der Waals surface area contributed by atoms with Crippen LogP contribution >= 0.6 is 11.6 Å². The Hall–Kier alpha value is -1.82. The third-order valence-electron chi connectivity index (χ3n) is 2.14. The third kappa shape index (κ3) is 4.21. The number of hydrogen-bond acceptors (Lipinski definition) is 5. The zero-order valence-electron chi connectivity index (χ0n) is 9.72. The molecule has 6 nitrogen and oxygen atoms in total. The van der Waals surface area contributed by atoms with Crippen molar-refractivity contribution < 1.29 is 19.2 Å². The molecule has 7 heteroatoms. The maximum absolute atomic E-state index is 10.8. The molecule has 0 bridgehead atoms. The first-order valence-electron chi connectivity index (χ1n) is 5.18. The molecule has 0 N–H and O–H groups in total. The number of methoxy groups -OCH3 is 1. The summed E-state index contributed by atoms with van der Waals surface area (Å²) in [6.45, 7) is 0.284. The molecule has 0 aliphatic carbocycles. The minimum Gasteiger partial charge on any atom is -0.492 e. The van der Waals surface area contributed by atoms with Crippen LogP contribution < -0.4 is 4.74 Å². The molecule has 0 aliphatic heterocycles. The van der Waals surface area contributed by atoms with Gasteiger partial charge >= 0.3 is 5.97 Å². The van der Waals surface area contributed by atoms with E-state index >= 15 is 0 Å². The van der Waals surface area contributed by atoms with Gasteiger partial charge in [0.15, 0.2) is 0 Å². The van der Waals surface area contributed by atoms with E-state index in [2.05, 4.69) is 4.74 Å². The lowest BCUT2D eigenvalue weighted by Crippen LogP contribution is -2.04.